The zero-order valence-electron chi connectivity index (χ0n) is 11.8. The molecule has 0 aliphatic carbocycles. The smallest absolute Gasteiger partial charge is 0.228 e. The molecule has 3 nitrogen and oxygen atoms in total. The first-order valence-electron chi connectivity index (χ1n) is 6.66. The molecule has 114 valence electrons. The highest BCUT2D eigenvalue weighted by Gasteiger charge is 2.09. The maximum atomic E-state index is 13.7. The van der Waals surface area contributed by atoms with Gasteiger partial charge in [0.1, 0.15) is 18.2 Å². The van der Waals surface area contributed by atoms with Crippen LogP contribution in [-0.2, 0) is 11.2 Å². The summed E-state index contributed by atoms with van der Waals surface area (Å²) < 4.78 is 19.0. The summed E-state index contributed by atoms with van der Waals surface area (Å²) in [5.41, 5.74) is 0.877. The van der Waals surface area contributed by atoms with Crippen LogP contribution in [0.3, 0.4) is 0 Å². The van der Waals surface area contributed by atoms with Gasteiger partial charge in [0.25, 0.3) is 0 Å². The highest BCUT2D eigenvalue weighted by atomic mass is 35.5. The number of anilines is 1. The Morgan fingerprint density at radius 2 is 2.14 bits per heavy atom. The maximum absolute atomic E-state index is 13.7. The van der Waals surface area contributed by atoms with E-state index in [1.54, 1.807) is 36.4 Å². The van der Waals surface area contributed by atoms with Crippen molar-refractivity contribution in [1.29, 1.82) is 0 Å². The molecule has 2 aromatic rings. The summed E-state index contributed by atoms with van der Waals surface area (Å²) in [6.45, 7) is 3.95. The van der Waals surface area contributed by atoms with E-state index in [2.05, 4.69) is 11.9 Å². The van der Waals surface area contributed by atoms with Crippen molar-refractivity contribution in [3.8, 4) is 5.75 Å². The molecule has 0 spiro atoms. The number of ether oxygens (including phenoxy) is 1. The van der Waals surface area contributed by atoms with E-state index >= 15 is 0 Å². The number of hydrogen-bond donors (Lipinski definition) is 1. The second-order valence-electron chi connectivity index (χ2n) is 4.59. The predicted octanol–water partition coefficient (Wildman–Crippen LogP) is 4.23. The van der Waals surface area contributed by atoms with Crippen LogP contribution in [-0.4, -0.2) is 12.5 Å². The van der Waals surface area contributed by atoms with Gasteiger partial charge in [0.2, 0.25) is 5.91 Å². The third-order valence-corrected chi connectivity index (χ3v) is 3.09. The SMILES string of the molecule is C=CCOc1cccc(NC(=O)Cc2ccc(Cl)cc2F)c1. The number of carbonyl (C=O) groups is 1. The summed E-state index contributed by atoms with van der Waals surface area (Å²) >= 11 is 5.68. The number of benzene rings is 2. The average Bonchev–Trinajstić information content (AvgIpc) is 2.48. The van der Waals surface area contributed by atoms with Crippen LogP contribution in [0.15, 0.2) is 55.1 Å². The minimum absolute atomic E-state index is 0.0687. The lowest BCUT2D eigenvalue weighted by molar-refractivity contribution is -0.115. The van der Waals surface area contributed by atoms with Crippen molar-refractivity contribution in [2.45, 2.75) is 6.42 Å². The van der Waals surface area contributed by atoms with Crippen molar-refractivity contribution in [2.75, 3.05) is 11.9 Å². The van der Waals surface area contributed by atoms with Crippen LogP contribution in [0.1, 0.15) is 5.56 Å². The Kier molecular flexibility index (Phi) is 5.55. The Morgan fingerprint density at radius 3 is 2.86 bits per heavy atom. The lowest BCUT2D eigenvalue weighted by Gasteiger charge is -2.08. The molecule has 0 radical (unpaired) electrons. The van der Waals surface area contributed by atoms with Crippen molar-refractivity contribution in [3.63, 3.8) is 0 Å². The molecule has 0 bridgehead atoms. The summed E-state index contributed by atoms with van der Waals surface area (Å²) in [6, 6.07) is 11.2. The first kappa shape index (κ1) is 16.0. The minimum Gasteiger partial charge on any atom is -0.489 e. The number of halogens is 2. The molecule has 2 aromatic carbocycles. The van der Waals surface area contributed by atoms with Crippen LogP contribution in [0.25, 0.3) is 0 Å². The molecule has 1 amide bonds. The van der Waals surface area contributed by atoms with E-state index < -0.39 is 5.82 Å². The third-order valence-electron chi connectivity index (χ3n) is 2.85. The third kappa shape index (κ3) is 4.60. The first-order chi connectivity index (χ1) is 10.6. The van der Waals surface area contributed by atoms with Gasteiger partial charge in [0.15, 0.2) is 0 Å². The molecule has 0 saturated heterocycles. The lowest BCUT2D eigenvalue weighted by atomic mass is 10.1. The van der Waals surface area contributed by atoms with Gasteiger partial charge in [-0.05, 0) is 29.8 Å². The van der Waals surface area contributed by atoms with Crippen LogP contribution in [0.4, 0.5) is 10.1 Å². The van der Waals surface area contributed by atoms with Crippen molar-refractivity contribution in [3.05, 3.63) is 71.5 Å². The topological polar surface area (TPSA) is 38.3 Å². The quantitative estimate of drug-likeness (QED) is 0.809. The van der Waals surface area contributed by atoms with Crippen LogP contribution >= 0.6 is 11.6 Å². The number of hydrogen-bond acceptors (Lipinski definition) is 2. The molecule has 0 fully saturated rings. The second-order valence-corrected chi connectivity index (χ2v) is 5.02. The van der Waals surface area contributed by atoms with Crippen molar-refractivity contribution >= 4 is 23.2 Å². The predicted molar refractivity (Wildman–Crippen MR) is 85.9 cm³/mol. The Bertz CT molecular complexity index is 688. The zero-order valence-corrected chi connectivity index (χ0v) is 12.6. The highest BCUT2D eigenvalue weighted by molar-refractivity contribution is 6.30. The van der Waals surface area contributed by atoms with Gasteiger partial charge in [-0.25, -0.2) is 4.39 Å². The van der Waals surface area contributed by atoms with Crippen LogP contribution in [0.2, 0.25) is 5.02 Å². The van der Waals surface area contributed by atoms with E-state index in [9.17, 15) is 9.18 Å². The van der Waals surface area contributed by atoms with Gasteiger partial charge in [-0.1, -0.05) is 36.4 Å². The van der Waals surface area contributed by atoms with Gasteiger partial charge in [0, 0.05) is 16.8 Å². The largest absolute Gasteiger partial charge is 0.489 e. The lowest BCUT2D eigenvalue weighted by Crippen LogP contribution is -2.15. The molecule has 5 heteroatoms. The molecule has 0 unspecified atom stereocenters. The Balaban J connectivity index is 2.01. The van der Waals surface area contributed by atoms with Gasteiger partial charge >= 0.3 is 0 Å². The van der Waals surface area contributed by atoms with Crippen molar-refractivity contribution in [2.24, 2.45) is 0 Å². The molecule has 0 aromatic heterocycles. The fraction of sp³-hybridized carbons (Fsp3) is 0.118. The van der Waals surface area contributed by atoms with E-state index in [0.717, 1.165) is 0 Å². The Morgan fingerprint density at radius 1 is 1.32 bits per heavy atom. The van der Waals surface area contributed by atoms with Gasteiger partial charge in [-0.3, -0.25) is 4.79 Å². The molecule has 22 heavy (non-hydrogen) atoms. The summed E-state index contributed by atoms with van der Waals surface area (Å²) in [5, 5.41) is 3.00. The molecule has 0 saturated carbocycles. The molecular formula is C17H15ClFNO2. The number of carbonyl (C=O) groups excluding carboxylic acids is 1. The average molecular weight is 320 g/mol. The Labute approximate surface area is 133 Å². The molecule has 0 aliphatic rings. The molecule has 0 aliphatic heterocycles. The summed E-state index contributed by atoms with van der Waals surface area (Å²) in [7, 11) is 0. The van der Waals surface area contributed by atoms with Gasteiger partial charge < -0.3 is 10.1 Å². The summed E-state index contributed by atoms with van der Waals surface area (Å²) in [4.78, 5) is 12.0. The highest BCUT2D eigenvalue weighted by Crippen LogP contribution is 2.19. The molecule has 2 rings (SSSR count). The van der Waals surface area contributed by atoms with Crippen LogP contribution in [0, 0.1) is 5.82 Å². The van der Waals surface area contributed by atoms with E-state index in [0.29, 0.717) is 28.6 Å². The fourth-order valence-corrected chi connectivity index (χ4v) is 2.02. The maximum Gasteiger partial charge on any atom is 0.228 e. The van der Waals surface area contributed by atoms with Crippen LogP contribution in [0.5, 0.6) is 5.75 Å². The molecular weight excluding hydrogens is 305 g/mol. The minimum atomic E-state index is -0.495. The normalized spacial score (nSPS) is 10.1. The number of rotatable bonds is 6. The van der Waals surface area contributed by atoms with Crippen molar-refractivity contribution in [1.82, 2.24) is 0 Å². The van der Waals surface area contributed by atoms with E-state index in [1.807, 2.05) is 0 Å². The standard InChI is InChI=1S/C17H15ClFNO2/c1-2-8-22-15-5-3-4-14(11-15)20-17(21)9-12-6-7-13(18)10-16(12)19/h2-7,10-11H,1,8-9H2,(H,20,21). The van der Waals surface area contributed by atoms with E-state index in [4.69, 9.17) is 16.3 Å². The molecule has 0 atom stereocenters. The summed E-state index contributed by atoms with van der Waals surface area (Å²) in [6.07, 6.45) is 1.56. The fourth-order valence-electron chi connectivity index (χ4n) is 1.86. The number of nitrogens with one attached hydrogen (secondary N) is 1. The van der Waals surface area contributed by atoms with Crippen molar-refractivity contribution < 1.29 is 13.9 Å². The number of amides is 1. The molecule has 1 N–H and O–H groups in total. The van der Waals surface area contributed by atoms with Gasteiger partial charge in [0.05, 0.1) is 6.42 Å². The van der Waals surface area contributed by atoms with Gasteiger partial charge in [-0.2, -0.15) is 0 Å². The second kappa shape index (κ2) is 7.61. The monoisotopic (exact) mass is 319 g/mol. The molecule has 0 heterocycles. The van der Waals surface area contributed by atoms with E-state index in [1.165, 1.54) is 12.1 Å². The van der Waals surface area contributed by atoms with E-state index in [-0.39, 0.29) is 12.3 Å². The van der Waals surface area contributed by atoms with Crippen LogP contribution < -0.4 is 10.1 Å². The first-order valence-corrected chi connectivity index (χ1v) is 7.04. The van der Waals surface area contributed by atoms with Gasteiger partial charge in [-0.15, -0.1) is 0 Å². The summed E-state index contributed by atoms with van der Waals surface area (Å²) in [5.74, 6) is -0.191. The Hall–Kier alpha value is -2.33. The zero-order chi connectivity index (χ0) is 15.9.